The molecule has 18 heavy (non-hydrogen) atoms. The van der Waals surface area contributed by atoms with Crippen molar-refractivity contribution in [2.24, 2.45) is 0 Å². The lowest BCUT2D eigenvalue weighted by Crippen LogP contribution is -2.05. The summed E-state index contributed by atoms with van der Waals surface area (Å²) in [6, 6.07) is 3.75. The number of hydrogen-bond donors (Lipinski definition) is 0. The fourth-order valence-electron chi connectivity index (χ4n) is 1.27. The van der Waals surface area contributed by atoms with Crippen LogP contribution in [-0.2, 0) is 12.8 Å². The fourth-order valence-corrected chi connectivity index (χ4v) is 1.27. The first-order valence-corrected chi connectivity index (χ1v) is 5.03. The Kier molecular flexibility index (Phi) is 3.22. The number of alkyl halides is 3. The molecule has 0 amide bonds. The van der Waals surface area contributed by atoms with Gasteiger partial charge in [0.2, 0.25) is 5.88 Å². The summed E-state index contributed by atoms with van der Waals surface area (Å²) in [5, 5.41) is 3.68. The minimum atomic E-state index is -4.39. The molecular formula is C11H9F3N2O2. The number of nitrogens with zero attached hydrogens (tertiary/aromatic N) is 2. The molecule has 2 aromatic rings. The standard InChI is InChI=1S/C11H9F3N2O2/c1-7-4-9(16-18-7)6-17-10-3-2-8(5-15-10)11(12,13)14/h2-5H,6H2,1H3. The average molecular weight is 258 g/mol. The Morgan fingerprint density at radius 3 is 2.61 bits per heavy atom. The third-order valence-corrected chi connectivity index (χ3v) is 2.11. The topological polar surface area (TPSA) is 48.2 Å². The smallest absolute Gasteiger partial charge is 0.417 e. The van der Waals surface area contributed by atoms with Crippen LogP contribution in [0.1, 0.15) is 17.0 Å². The highest BCUT2D eigenvalue weighted by Gasteiger charge is 2.30. The molecule has 0 aliphatic heterocycles. The number of aromatic nitrogens is 2. The summed E-state index contributed by atoms with van der Waals surface area (Å²) in [7, 11) is 0. The number of rotatable bonds is 3. The van der Waals surface area contributed by atoms with Crippen molar-refractivity contribution in [2.45, 2.75) is 19.7 Å². The van der Waals surface area contributed by atoms with Crippen LogP contribution in [0.3, 0.4) is 0 Å². The Labute approximate surface area is 100 Å². The van der Waals surface area contributed by atoms with Gasteiger partial charge in [-0.2, -0.15) is 13.2 Å². The van der Waals surface area contributed by atoms with Crippen molar-refractivity contribution >= 4 is 0 Å². The van der Waals surface area contributed by atoms with Crippen LogP contribution in [0.15, 0.2) is 28.9 Å². The molecule has 0 N–H and O–H groups in total. The van der Waals surface area contributed by atoms with Gasteiger partial charge in [-0.15, -0.1) is 0 Å². The quantitative estimate of drug-likeness (QED) is 0.849. The van der Waals surface area contributed by atoms with Crippen LogP contribution in [-0.4, -0.2) is 10.1 Å². The Morgan fingerprint density at radius 1 is 1.33 bits per heavy atom. The van der Waals surface area contributed by atoms with Crippen LogP contribution >= 0.6 is 0 Å². The maximum absolute atomic E-state index is 12.3. The molecule has 0 aliphatic rings. The van der Waals surface area contributed by atoms with Crippen LogP contribution in [0.2, 0.25) is 0 Å². The molecule has 0 saturated heterocycles. The van der Waals surface area contributed by atoms with Gasteiger partial charge in [0, 0.05) is 18.3 Å². The van der Waals surface area contributed by atoms with Gasteiger partial charge in [-0.1, -0.05) is 5.16 Å². The minimum absolute atomic E-state index is 0.0930. The molecule has 7 heteroatoms. The van der Waals surface area contributed by atoms with Crippen LogP contribution in [0, 0.1) is 6.92 Å². The fraction of sp³-hybridized carbons (Fsp3) is 0.273. The number of pyridine rings is 1. The van der Waals surface area contributed by atoms with E-state index in [1.807, 2.05) is 0 Å². The number of halogens is 3. The van der Waals surface area contributed by atoms with Gasteiger partial charge in [0.15, 0.2) is 0 Å². The van der Waals surface area contributed by atoms with Crippen molar-refractivity contribution in [3.8, 4) is 5.88 Å². The highest BCUT2D eigenvalue weighted by atomic mass is 19.4. The van der Waals surface area contributed by atoms with E-state index in [-0.39, 0.29) is 12.5 Å². The van der Waals surface area contributed by atoms with Gasteiger partial charge in [0.25, 0.3) is 0 Å². The molecule has 4 nitrogen and oxygen atoms in total. The van der Waals surface area contributed by atoms with Crippen molar-refractivity contribution < 1.29 is 22.4 Å². The summed E-state index contributed by atoms with van der Waals surface area (Å²) >= 11 is 0. The van der Waals surface area contributed by atoms with E-state index in [0.717, 1.165) is 18.3 Å². The first kappa shape index (κ1) is 12.4. The zero-order chi connectivity index (χ0) is 13.2. The monoisotopic (exact) mass is 258 g/mol. The van der Waals surface area contributed by atoms with Crippen LogP contribution < -0.4 is 4.74 Å². The van der Waals surface area contributed by atoms with Gasteiger partial charge in [-0.3, -0.25) is 0 Å². The van der Waals surface area contributed by atoms with E-state index in [1.165, 1.54) is 0 Å². The van der Waals surface area contributed by atoms with Gasteiger partial charge >= 0.3 is 6.18 Å². The van der Waals surface area contributed by atoms with E-state index in [9.17, 15) is 13.2 Å². The Balaban J connectivity index is 1.98. The molecule has 0 aliphatic carbocycles. The molecule has 2 heterocycles. The first-order chi connectivity index (χ1) is 8.45. The molecule has 0 saturated carbocycles. The van der Waals surface area contributed by atoms with E-state index >= 15 is 0 Å². The maximum Gasteiger partial charge on any atom is 0.417 e. The Bertz CT molecular complexity index is 520. The van der Waals surface area contributed by atoms with Crippen molar-refractivity contribution in [3.63, 3.8) is 0 Å². The summed E-state index contributed by atoms with van der Waals surface area (Å²) < 4.78 is 46.8. The van der Waals surface area contributed by atoms with Crippen LogP contribution in [0.4, 0.5) is 13.2 Å². The lowest BCUT2D eigenvalue weighted by molar-refractivity contribution is -0.137. The lowest BCUT2D eigenvalue weighted by Gasteiger charge is -2.07. The summed E-state index contributed by atoms with van der Waals surface area (Å²) in [4.78, 5) is 3.57. The van der Waals surface area contributed by atoms with Crippen molar-refractivity contribution in [1.82, 2.24) is 10.1 Å². The van der Waals surface area contributed by atoms with Crippen LogP contribution in [0.25, 0.3) is 0 Å². The summed E-state index contributed by atoms with van der Waals surface area (Å²) in [6.07, 6.45) is -3.67. The molecule has 2 rings (SSSR count). The molecule has 0 atom stereocenters. The number of hydrogen-bond acceptors (Lipinski definition) is 4. The molecule has 0 unspecified atom stereocenters. The molecule has 2 aromatic heterocycles. The molecule has 0 fully saturated rings. The third kappa shape index (κ3) is 2.99. The number of aryl methyl sites for hydroxylation is 1. The summed E-state index contributed by atoms with van der Waals surface area (Å²) in [5.41, 5.74) is -0.263. The van der Waals surface area contributed by atoms with E-state index in [0.29, 0.717) is 11.5 Å². The summed E-state index contributed by atoms with van der Waals surface area (Å²) in [6.45, 7) is 1.82. The maximum atomic E-state index is 12.3. The lowest BCUT2D eigenvalue weighted by atomic mass is 10.3. The minimum Gasteiger partial charge on any atom is -0.471 e. The summed E-state index contributed by atoms with van der Waals surface area (Å²) in [5.74, 6) is 0.734. The predicted octanol–water partition coefficient (Wildman–Crippen LogP) is 2.98. The zero-order valence-corrected chi connectivity index (χ0v) is 9.36. The molecular weight excluding hydrogens is 249 g/mol. The van der Waals surface area contributed by atoms with E-state index in [1.54, 1.807) is 13.0 Å². The number of ether oxygens (including phenoxy) is 1. The van der Waals surface area contributed by atoms with Gasteiger partial charge in [-0.25, -0.2) is 4.98 Å². The molecule has 0 radical (unpaired) electrons. The second-order valence-corrected chi connectivity index (χ2v) is 3.60. The Hall–Kier alpha value is -2.05. The average Bonchev–Trinajstić information content (AvgIpc) is 2.72. The second kappa shape index (κ2) is 4.67. The van der Waals surface area contributed by atoms with Crippen molar-refractivity contribution in [2.75, 3.05) is 0 Å². The van der Waals surface area contributed by atoms with Crippen molar-refractivity contribution in [1.29, 1.82) is 0 Å². The third-order valence-electron chi connectivity index (χ3n) is 2.11. The molecule has 0 bridgehead atoms. The van der Waals surface area contributed by atoms with E-state index in [4.69, 9.17) is 9.26 Å². The second-order valence-electron chi connectivity index (χ2n) is 3.60. The first-order valence-electron chi connectivity index (χ1n) is 5.03. The molecule has 96 valence electrons. The Morgan fingerprint density at radius 2 is 2.11 bits per heavy atom. The van der Waals surface area contributed by atoms with Gasteiger partial charge in [0.05, 0.1) is 5.56 Å². The molecule has 0 spiro atoms. The SMILES string of the molecule is Cc1cc(COc2ccc(C(F)(F)F)cn2)no1. The largest absolute Gasteiger partial charge is 0.471 e. The van der Waals surface area contributed by atoms with Gasteiger partial charge in [0.1, 0.15) is 18.1 Å². The zero-order valence-electron chi connectivity index (χ0n) is 9.36. The van der Waals surface area contributed by atoms with Gasteiger partial charge < -0.3 is 9.26 Å². The van der Waals surface area contributed by atoms with Crippen LogP contribution in [0.5, 0.6) is 5.88 Å². The van der Waals surface area contributed by atoms with E-state index in [2.05, 4.69) is 10.1 Å². The van der Waals surface area contributed by atoms with Gasteiger partial charge in [-0.05, 0) is 13.0 Å². The van der Waals surface area contributed by atoms with E-state index < -0.39 is 11.7 Å². The highest BCUT2D eigenvalue weighted by molar-refractivity contribution is 5.20. The normalized spacial score (nSPS) is 11.6. The highest BCUT2D eigenvalue weighted by Crippen LogP contribution is 2.29. The van der Waals surface area contributed by atoms with Crippen molar-refractivity contribution in [3.05, 3.63) is 41.4 Å². The predicted molar refractivity (Wildman–Crippen MR) is 54.8 cm³/mol. The molecule has 0 aromatic carbocycles.